The average molecular weight is 254 g/mol. The lowest BCUT2D eigenvalue weighted by Crippen LogP contribution is -2.05. The van der Waals surface area contributed by atoms with Gasteiger partial charge in [-0.15, -0.1) is 0 Å². The zero-order chi connectivity index (χ0) is 12.4. The van der Waals surface area contributed by atoms with Crippen LogP contribution < -0.4 is 0 Å². The van der Waals surface area contributed by atoms with Gasteiger partial charge in [-0.05, 0) is 41.8 Å². The van der Waals surface area contributed by atoms with Gasteiger partial charge in [0.2, 0.25) is 5.24 Å². The molecular weight excluding hydrogens is 242 g/mol. The van der Waals surface area contributed by atoms with Gasteiger partial charge in [0.15, 0.2) is 0 Å². The molecule has 5 heteroatoms. The second-order valence-electron chi connectivity index (χ2n) is 4.36. The number of carbonyl (C=O) groups excluding carboxylic acids is 1. The van der Waals surface area contributed by atoms with E-state index in [-0.39, 0.29) is 23.3 Å². The van der Waals surface area contributed by atoms with E-state index in [2.05, 4.69) is 0 Å². The van der Waals surface area contributed by atoms with E-state index in [1.807, 2.05) is 6.07 Å². The molecule has 0 radical (unpaired) electrons. The monoisotopic (exact) mass is 253 g/mol. The van der Waals surface area contributed by atoms with Crippen LogP contribution in [0.25, 0.3) is 0 Å². The molecule has 0 aliphatic heterocycles. The van der Waals surface area contributed by atoms with E-state index >= 15 is 0 Å². The molecular formula is C12H12ClNO3. The summed E-state index contributed by atoms with van der Waals surface area (Å²) in [5.74, 6) is 0.472. The summed E-state index contributed by atoms with van der Waals surface area (Å²) in [7, 11) is 0. The van der Waals surface area contributed by atoms with Crippen molar-refractivity contribution in [2.75, 3.05) is 0 Å². The minimum atomic E-state index is -0.421. The number of nitrogens with zero attached hydrogens (tertiary/aromatic N) is 1. The van der Waals surface area contributed by atoms with Crippen molar-refractivity contribution in [1.29, 1.82) is 0 Å². The molecule has 2 rings (SSSR count). The molecule has 17 heavy (non-hydrogen) atoms. The van der Waals surface area contributed by atoms with Crippen LogP contribution in [0.4, 0.5) is 5.69 Å². The maximum absolute atomic E-state index is 11.0. The standard InChI is InChI=1S/C12H12ClNO3/c13-12(15)7-11(8-4-5-8)9-2-1-3-10(6-9)14(16)17/h1-3,6,8,11H,4-5,7H2/t11-/m0/s1. The summed E-state index contributed by atoms with van der Waals surface area (Å²) in [5.41, 5.74) is 0.908. The van der Waals surface area contributed by atoms with Gasteiger partial charge >= 0.3 is 0 Å². The molecule has 0 saturated heterocycles. The molecule has 0 amide bonds. The van der Waals surface area contributed by atoms with Crippen LogP contribution >= 0.6 is 11.6 Å². The molecule has 1 fully saturated rings. The maximum atomic E-state index is 11.0. The fraction of sp³-hybridized carbons (Fsp3) is 0.417. The number of hydrogen-bond acceptors (Lipinski definition) is 3. The molecule has 0 aromatic heterocycles. The molecule has 1 saturated carbocycles. The number of nitro groups is 1. The molecule has 1 aliphatic rings. The Bertz CT molecular complexity index is 457. The smallest absolute Gasteiger partial charge is 0.269 e. The predicted octanol–water partition coefficient (Wildman–Crippen LogP) is 3.24. The van der Waals surface area contributed by atoms with Gasteiger partial charge in [0.25, 0.3) is 5.69 Å². The lowest BCUT2D eigenvalue weighted by molar-refractivity contribution is -0.384. The Labute approximate surface area is 104 Å². The molecule has 90 valence electrons. The van der Waals surface area contributed by atoms with Crippen molar-refractivity contribution < 1.29 is 9.72 Å². The largest absolute Gasteiger partial charge is 0.281 e. The van der Waals surface area contributed by atoms with Gasteiger partial charge in [0, 0.05) is 18.6 Å². The topological polar surface area (TPSA) is 60.2 Å². The Balaban J connectivity index is 2.25. The number of rotatable bonds is 5. The minimum Gasteiger partial charge on any atom is -0.281 e. The van der Waals surface area contributed by atoms with E-state index < -0.39 is 4.92 Å². The molecule has 0 unspecified atom stereocenters. The highest BCUT2D eigenvalue weighted by molar-refractivity contribution is 6.63. The summed E-state index contributed by atoms with van der Waals surface area (Å²) < 4.78 is 0. The SMILES string of the molecule is O=C(Cl)C[C@H](c1cccc([N+](=O)[O-])c1)C1CC1. The van der Waals surface area contributed by atoms with Crippen molar-refractivity contribution in [1.82, 2.24) is 0 Å². The molecule has 1 atom stereocenters. The number of carbonyl (C=O) groups is 1. The van der Waals surface area contributed by atoms with Gasteiger partial charge in [-0.1, -0.05) is 12.1 Å². The van der Waals surface area contributed by atoms with Gasteiger partial charge in [-0.3, -0.25) is 14.9 Å². The van der Waals surface area contributed by atoms with Gasteiger partial charge < -0.3 is 0 Å². The van der Waals surface area contributed by atoms with Gasteiger partial charge in [0.1, 0.15) is 0 Å². The summed E-state index contributed by atoms with van der Waals surface area (Å²) in [6, 6.07) is 6.48. The third-order valence-corrected chi connectivity index (χ3v) is 3.23. The van der Waals surface area contributed by atoms with Crippen molar-refractivity contribution in [3.05, 3.63) is 39.9 Å². The quantitative estimate of drug-likeness (QED) is 0.460. The van der Waals surface area contributed by atoms with E-state index in [1.165, 1.54) is 6.07 Å². The van der Waals surface area contributed by atoms with Crippen molar-refractivity contribution in [3.63, 3.8) is 0 Å². The molecule has 4 nitrogen and oxygen atoms in total. The Morgan fingerprint density at radius 3 is 2.76 bits per heavy atom. The first-order chi connectivity index (χ1) is 8.08. The molecule has 1 aliphatic carbocycles. The first-order valence-corrected chi connectivity index (χ1v) is 5.88. The van der Waals surface area contributed by atoms with Gasteiger partial charge in [-0.25, -0.2) is 0 Å². The van der Waals surface area contributed by atoms with Crippen molar-refractivity contribution >= 4 is 22.5 Å². The number of halogens is 1. The highest BCUT2D eigenvalue weighted by Gasteiger charge is 2.33. The second-order valence-corrected chi connectivity index (χ2v) is 4.78. The zero-order valence-electron chi connectivity index (χ0n) is 9.14. The lowest BCUT2D eigenvalue weighted by atomic mass is 9.91. The third-order valence-electron chi connectivity index (χ3n) is 3.08. The van der Waals surface area contributed by atoms with E-state index in [1.54, 1.807) is 12.1 Å². The molecule has 1 aromatic carbocycles. The molecule has 0 spiro atoms. The first-order valence-electron chi connectivity index (χ1n) is 5.50. The maximum Gasteiger partial charge on any atom is 0.269 e. The highest BCUT2D eigenvalue weighted by Crippen LogP contribution is 2.45. The minimum absolute atomic E-state index is 0.0277. The fourth-order valence-electron chi connectivity index (χ4n) is 2.10. The second kappa shape index (κ2) is 4.84. The van der Waals surface area contributed by atoms with E-state index in [9.17, 15) is 14.9 Å². The van der Waals surface area contributed by atoms with Crippen LogP contribution in [0.5, 0.6) is 0 Å². The Morgan fingerprint density at radius 1 is 1.53 bits per heavy atom. The molecule has 0 bridgehead atoms. The van der Waals surface area contributed by atoms with Gasteiger partial charge in [0.05, 0.1) is 4.92 Å². The number of benzene rings is 1. The normalized spacial score (nSPS) is 16.5. The van der Waals surface area contributed by atoms with Crippen LogP contribution in [0.3, 0.4) is 0 Å². The third kappa shape index (κ3) is 3.03. The average Bonchev–Trinajstić information content (AvgIpc) is 3.09. The van der Waals surface area contributed by atoms with Gasteiger partial charge in [-0.2, -0.15) is 0 Å². The number of nitro benzene ring substituents is 1. The predicted molar refractivity (Wildman–Crippen MR) is 64.0 cm³/mol. The van der Waals surface area contributed by atoms with E-state index in [0.717, 1.165) is 18.4 Å². The summed E-state index contributed by atoms with van der Waals surface area (Å²) in [6.45, 7) is 0. The summed E-state index contributed by atoms with van der Waals surface area (Å²) in [5, 5.41) is 10.3. The van der Waals surface area contributed by atoms with Crippen molar-refractivity contribution in [2.24, 2.45) is 5.92 Å². The Kier molecular flexibility index (Phi) is 3.43. The van der Waals surface area contributed by atoms with Crippen LogP contribution in [0.2, 0.25) is 0 Å². The Morgan fingerprint density at radius 2 is 2.24 bits per heavy atom. The van der Waals surface area contributed by atoms with E-state index in [4.69, 9.17) is 11.6 Å². The van der Waals surface area contributed by atoms with Crippen LogP contribution in [0, 0.1) is 16.0 Å². The zero-order valence-corrected chi connectivity index (χ0v) is 9.89. The van der Waals surface area contributed by atoms with Crippen LogP contribution in [-0.2, 0) is 4.79 Å². The number of hydrogen-bond donors (Lipinski definition) is 0. The van der Waals surface area contributed by atoms with Crippen molar-refractivity contribution in [2.45, 2.75) is 25.2 Å². The fourth-order valence-corrected chi connectivity index (χ4v) is 2.26. The molecule has 1 aromatic rings. The van der Waals surface area contributed by atoms with Crippen molar-refractivity contribution in [3.8, 4) is 0 Å². The molecule has 0 heterocycles. The lowest BCUT2D eigenvalue weighted by Gasteiger charge is -2.14. The van der Waals surface area contributed by atoms with Crippen LogP contribution in [0.1, 0.15) is 30.7 Å². The van der Waals surface area contributed by atoms with Crippen LogP contribution in [-0.4, -0.2) is 10.2 Å². The molecule has 0 N–H and O–H groups in total. The Hall–Kier alpha value is -1.42. The number of non-ortho nitro benzene ring substituents is 1. The van der Waals surface area contributed by atoms with Crippen LogP contribution in [0.15, 0.2) is 24.3 Å². The highest BCUT2D eigenvalue weighted by atomic mass is 35.5. The summed E-state index contributed by atoms with van der Waals surface area (Å²) >= 11 is 5.42. The first kappa shape index (κ1) is 12.0. The summed E-state index contributed by atoms with van der Waals surface area (Å²) in [6.07, 6.45) is 2.39. The summed E-state index contributed by atoms with van der Waals surface area (Å²) in [4.78, 5) is 21.3. The van der Waals surface area contributed by atoms with E-state index in [0.29, 0.717) is 5.92 Å².